The second-order valence-corrected chi connectivity index (χ2v) is 7.66. The number of aliphatic carboxylic acids is 1. The average molecular weight is 314 g/mol. The molecule has 0 amide bonds. The average Bonchev–Trinajstić information content (AvgIpc) is 2.41. The molecule has 0 aliphatic carbocycles. The zero-order valence-electron chi connectivity index (χ0n) is 12.4. The third-order valence-corrected chi connectivity index (χ3v) is 4.91. The predicted molar refractivity (Wildman–Crippen MR) is 81.0 cm³/mol. The molecule has 0 saturated heterocycles. The monoisotopic (exact) mass is 314 g/mol. The van der Waals surface area contributed by atoms with Gasteiger partial charge in [0, 0.05) is 6.61 Å². The first-order valence-electron chi connectivity index (χ1n) is 6.89. The highest BCUT2D eigenvalue weighted by Gasteiger charge is 2.32. The molecule has 0 spiro atoms. The molecule has 0 fully saturated rings. The summed E-state index contributed by atoms with van der Waals surface area (Å²) in [5.41, 5.74) is 0.691. The molecule has 1 rings (SSSR count). The normalized spacial score (nSPS) is 13.3. The fourth-order valence-corrected chi connectivity index (χ4v) is 3.22. The number of benzene rings is 1. The van der Waals surface area contributed by atoms with E-state index in [1.54, 1.807) is 30.3 Å². The van der Waals surface area contributed by atoms with E-state index in [0.717, 1.165) is 0 Å². The Morgan fingerprint density at radius 2 is 1.86 bits per heavy atom. The Kier molecular flexibility index (Phi) is 6.84. The van der Waals surface area contributed by atoms with Crippen LogP contribution in [0.1, 0.15) is 19.4 Å². The number of ether oxygens (including phenoxy) is 1. The number of rotatable bonds is 9. The lowest BCUT2D eigenvalue weighted by atomic mass is 10.1. The van der Waals surface area contributed by atoms with Gasteiger partial charge in [0.05, 0.1) is 12.4 Å². The molecule has 1 aromatic carbocycles. The second kappa shape index (κ2) is 8.14. The molecule has 6 heteroatoms. The Morgan fingerprint density at radius 1 is 1.24 bits per heavy atom. The summed E-state index contributed by atoms with van der Waals surface area (Å²) < 4.78 is 29.6. The van der Waals surface area contributed by atoms with Gasteiger partial charge >= 0.3 is 5.97 Å². The van der Waals surface area contributed by atoms with E-state index in [1.165, 1.54) is 0 Å². The van der Waals surface area contributed by atoms with E-state index in [9.17, 15) is 18.3 Å². The summed E-state index contributed by atoms with van der Waals surface area (Å²) in [5, 5.41) is 7.77. The first-order valence-corrected chi connectivity index (χ1v) is 8.60. The minimum absolute atomic E-state index is 0.0251. The lowest BCUT2D eigenvalue weighted by Gasteiger charge is -2.14. The summed E-state index contributed by atoms with van der Waals surface area (Å²) in [6, 6.07) is 8.76. The number of carbonyl (C=O) groups is 1. The zero-order valence-corrected chi connectivity index (χ0v) is 13.2. The van der Waals surface area contributed by atoms with E-state index in [2.05, 4.69) is 0 Å². The maximum Gasteiger partial charge on any atom is 0.322 e. The molecule has 0 aromatic heterocycles. The van der Waals surface area contributed by atoms with Crippen molar-refractivity contribution in [2.24, 2.45) is 5.92 Å². The molecule has 0 aliphatic heterocycles. The lowest BCUT2D eigenvalue weighted by molar-refractivity contribution is -0.136. The molecule has 21 heavy (non-hydrogen) atoms. The molecule has 0 aliphatic rings. The second-order valence-electron chi connectivity index (χ2n) is 5.35. The van der Waals surface area contributed by atoms with Crippen molar-refractivity contribution < 1.29 is 23.1 Å². The topological polar surface area (TPSA) is 80.7 Å². The highest BCUT2D eigenvalue weighted by atomic mass is 32.2. The third kappa shape index (κ3) is 6.27. The Balaban J connectivity index is 2.68. The molecule has 5 nitrogen and oxygen atoms in total. The van der Waals surface area contributed by atoms with Crippen molar-refractivity contribution in [3.8, 4) is 0 Å². The summed E-state index contributed by atoms with van der Waals surface area (Å²) in [4.78, 5) is 11.3. The Bertz CT molecular complexity index is 536. The van der Waals surface area contributed by atoms with Gasteiger partial charge < -0.3 is 9.84 Å². The maximum atomic E-state index is 12.2. The van der Waals surface area contributed by atoms with E-state index in [1.807, 2.05) is 13.8 Å². The van der Waals surface area contributed by atoms with Crippen molar-refractivity contribution in [1.82, 2.24) is 0 Å². The van der Waals surface area contributed by atoms with Crippen molar-refractivity contribution >= 4 is 15.8 Å². The molecule has 0 bridgehead atoms. The van der Waals surface area contributed by atoms with Gasteiger partial charge in [0.25, 0.3) is 0 Å². The Hall–Kier alpha value is -1.40. The molecule has 1 N–H and O–H groups in total. The van der Waals surface area contributed by atoms with Crippen LogP contribution in [0, 0.1) is 5.92 Å². The smallest absolute Gasteiger partial charge is 0.322 e. The van der Waals surface area contributed by atoms with Gasteiger partial charge in [-0.25, -0.2) is 8.42 Å². The zero-order chi connectivity index (χ0) is 15.9. The van der Waals surface area contributed by atoms with Crippen molar-refractivity contribution in [3.63, 3.8) is 0 Å². The lowest BCUT2D eigenvalue weighted by Crippen LogP contribution is -2.35. The minimum Gasteiger partial charge on any atom is -0.480 e. The maximum absolute atomic E-state index is 12.2. The molecule has 1 aromatic rings. The van der Waals surface area contributed by atoms with Gasteiger partial charge in [0.1, 0.15) is 0 Å². The van der Waals surface area contributed by atoms with E-state index in [0.29, 0.717) is 18.1 Å². The van der Waals surface area contributed by atoms with Crippen molar-refractivity contribution in [2.75, 3.05) is 19.0 Å². The van der Waals surface area contributed by atoms with Crippen LogP contribution < -0.4 is 0 Å². The van der Waals surface area contributed by atoms with Gasteiger partial charge in [-0.2, -0.15) is 0 Å². The highest BCUT2D eigenvalue weighted by molar-refractivity contribution is 7.92. The summed E-state index contributed by atoms with van der Waals surface area (Å²) >= 11 is 0. The van der Waals surface area contributed by atoms with E-state index in [-0.39, 0.29) is 18.8 Å². The number of carboxylic acids is 1. The first kappa shape index (κ1) is 17.7. The van der Waals surface area contributed by atoms with Gasteiger partial charge in [-0.05, 0) is 17.9 Å². The van der Waals surface area contributed by atoms with Gasteiger partial charge in [0.15, 0.2) is 15.1 Å². The number of carboxylic acid groups (broad SMARTS) is 1. The number of sulfone groups is 1. The van der Waals surface area contributed by atoms with Gasteiger partial charge in [-0.15, -0.1) is 0 Å². The Labute approximate surface area is 125 Å². The molecular weight excluding hydrogens is 292 g/mol. The molecule has 0 heterocycles. The van der Waals surface area contributed by atoms with E-state index >= 15 is 0 Å². The third-order valence-electron chi connectivity index (χ3n) is 2.94. The van der Waals surface area contributed by atoms with Crippen LogP contribution in [-0.4, -0.2) is 43.7 Å². The van der Waals surface area contributed by atoms with Crippen LogP contribution in [0.4, 0.5) is 0 Å². The van der Waals surface area contributed by atoms with Gasteiger partial charge in [0.2, 0.25) is 0 Å². The fourth-order valence-electron chi connectivity index (χ4n) is 1.83. The summed E-state index contributed by atoms with van der Waals surface area (Å²) in [6.45, 7) is 4.42. The van der Waals surface area contributed by atoms with Crippen LogP contribution in [0.3, 0.4) is 0 Å². The van der Waals surface area contributed by atoms with Crippen LogP contribution in [0.5, 0.6) is 0 Å². The Morgan fingerprint density at radius 3 is 2.38 bits per heavy atom. The van der Waals surface area contributed by atoms with E-state index < -0.39 is 21.1 Å². The van der Waals surface area contributed by atoms with Crippen molar-refractivity contribution in [3.05, 3.63) is 35.9 Å². The highest BCUT2D eigenvalue weighted by Crippen LogP contribution is 2.12. The number of hydrogen-bond acceptors (Lipinski definition) is 4. The summed E-state index contributed by atoms with van der Waals surface area (Å²) in [5.74, 6) is -1.28. The molecule has 118 valence electrons. The van der Waals surface area contributed by atoms with Crippen LogP contribution in [0.25, 0.3) is 0 Å². The largest absolute Gasteiger partial charge is 0.480 e. The van der Waals surface area contributed by atoms with Crippen LogP contribution in [0.15, 0.2) is 30.3 Å². The first-order chi connectivity index (χ1) is 9.83. The van der Waals surface area contributed by atoms with Gasteiger partial charge in [-0.3, -0.25) is 4.79 Å². The summed E-state index contributed by atoms with van der Waals surface area (Å²) in [6.07, 6.45) is -0.0251. The van der Waals surface area contributed by atoms with Crippen LogP contribution in [-0.2, 0) is 25.8 Å². The van der Waals surface area contributed by atoms with Crippen molar-refractivity contribution in [2.45, 2.75) is 25.5 Å². The van der Waals surface area contributed by atoms with Gasteiger partial charge in [-0.1, -0.05) is 44.2 Å². The quantitative estimate of drug-likeness (QED) is 0.703. The standard InChI is InChI=1S/C15H22O5S/c1-12(2)11-20-8-9-21(18,19)14(15(16)17)10-13-6-4-3-5-7-13/h3-7,12,14H,8-11H2,1-2H3,(H,16,17). The fraction of sp³-hybridized carbons (Fsp3) is 0.533. The molecule has 0 radical (unpaired) electrons. The van der Waals surface area contributed by atoms with E-state index in [4.69, 9.17) is 4.74 Å². The summed E-state index contributed by atoms with van der Waals surface area (Å²) in [7, 11) is -3.74. The predicted octanol–water partition coefficient (Wildman–Crippen LogP) is 1.77. The molecular formula is C15H22O5S. The number of hydrogen-bond donors (Lipinski definition) is 1. The molecule has 1 unspecified atom stereocenters. The van der Waals surface area contributed by atoms with Crippen LogP contribution in [0.2, 0.25) is 0 Å². The SMILES string of the molecule is CC(C)COCCS(=O)(=O)C(Cc1ccccc1)C(=O)O. The minimum atomic E-state index is -3.74. The van der Waals surface area contributed by atoms with Crippen molar-refractivity contribution in [1.29, 1.82) is 0 Å². The molecule has 1 atom stereocenters. The molecule has 0 saturated carbocycles. The van der Waals surface area contributed by atoms with Crippen LogP contribution >= 0.6 is 0 Å².